The summed E-state index contributed by atoms with van der Waals surface area (Å²) in [7, 11) is 3.37. The van der Waals surface area contributed by atoms with E-state index in [-0.39, 0.29) is 24.3 Å². The van der Waals surface area contributed by atoms with Crippen molar-refractivity contribution in [3.63, 3.8) is 0 Å². The van der Waals surface area contributed by atoms with Gasteiger partial charge in [0.2, 0.25) is 0 Å². The van der Waals surface area contributed by atoms with Gasteiger partial charge in [0.1, 0.15) is 0 Å². The average Bonchev–Trinajstić information content (AvgIpc) is 2.93. The van der Waals surface area contributed by atoms with Gasteiger partial charge in [-0.15, -0.1) is 0 Å². The first-order valence-electron chi connectivity index (χ1n) is 8.81. The summed E-state index contributed by atoms with van der Waals surface area (Å²) < 4.78 is 5.01. The van der Waals surface area contributed by atoms with Crippen LogP contribution in [-0.4, -0.2) is 54.8 Å². The van der Waals surface area contributed by atoms with Crippen LogP contribution in [0, 0.1) is 0 Å². The molecule has 140 valence electrons. The third-order valence-electron chi connectivity index (χ3n) is 4.58. The van der Waals surface area contributed by atoms with Gasteiger partial charge in [-0.3, -0.25) is 19.3 Å². The zero-order chi connectivity index (χ0) is 19.4. The molecule has 0 aliphatic carbocycles. The summed E-state index contributed by atoms with van der Waals surface area (Å²) in [6, 6.07) is 13.8. The number of ether oxygens (including phenoxy) is 1. The van der Waals surface area contributed by atoms with E-state index in [1.165, 1.54) is 4.90 Å². The summed E-state index contributed by atoms with van der Waals surface area (Å²) in [5, 5.41) is 0. The van der Waals surface area contributed by atoms with E-state index in [9.17, 15) is 14.4 Å². The number of methoxy groups -OCH3 is 1. The number of rotatable bonds is 7. The van der Waals surface area contributed by atoms with Gasteiger partial charge in [0.15, 0.2) is 0 Å². The van der Waals surface area contributed by atoms with Crippen LogP contribution < -0.4 is 0 Å². The van der Waals surface area contributed by atoms with E-state index in [1.807, 2.05) is 6.07 Å². The summed E-state index contributed by atoms with van der Waals surface area (Å²) in [6.45, 7) is 1.33. The molecule has 0 fully saturated rings. The molecule has 2 aromatic rings. The van der Waals surface area contributed by atoms with Crippen molar-refractivity contribution in [1.29, 1.82) is 0 Å². The lowest BCUT2D eigenvalue weighted by Gasteiger charge is -2.18. The monoisotopic (exact) mass is 366 g/mol. The van der Waals surface area contributed by atoms with Crippen molar-refractivity contribution in [1.82, 2.24) is 9.80 Å². The van der Waals surface area contributed by atoms with Crippen LogP contribution in [-0.2, 0) is 11.3 Å². The van der Waals surface area contributed by atoms with Crippen LogP contribution in [0.25, 0.3) is 0 Å². The lowest BCUT2D eigenvalue weighted by atomic mass is 10.1. The van der Waals surface area contributed by atoms with Crippen molar-refractivity contribution < 1.29 is 19.1 Å². The predicted molar refractivity (Wildman–Crippen MR) is 101 cm³/mol. The summed E-state index contributed by atoms with van der Waals surface area (Å²) >= 11 is 0. The Morgan fingerprint density at radius 3 is 2.33 bits per heavy atom. The Labute approximate surface area is 158 Å². The van der Waals surface area contributed by atoms with E-state index >= 15 is 0 Å². The van der Waals surface area contributed by atoms with Crippen LogP contribution >= 0.6 is 0 Å². The predicted octanol–water partition coefficient (Wildman–Crippen LogP) is 2.59. The van der Waals surface area contributed by atoms with E-state index in [2.05, 4.69) is 0 Å². The van der Waals surface area contributed by atoms with E-state index in [4.69, 9.17) is 4.74 Å². The smallest absolute Gasteiger partial charge is 0.261 e. The second-order valence-electron chi connectivity index (χ2n) is 6.52. The summed E-state index contributed by atoms with van der Waals surface area (Å²) in [5.41, 5.74) is 2.12. The number of benzene rings is 2. The molecule has 1 aliphatic rings. The molecular weight excluding hydrogens is 344 g/mol. The van der Waals surface area contributed by atoms with Gasteiger partial charge in [-0.25, -0.2) is 0 Å². The Morgan fingerprint density at radius 2 is 1.70 bits per heavy atom. The van der Waals surface area contributed by atoms with E-state index in [1.54, 1.807) is 61.5 Å². The maximum atomic E-state index is 12.6. The number of fused-ring (bicyclic) bond motifs is 1. The average molecular weight is 366 g/mol. The topological polar surface area (TPSA) is 66.9 Å². The highest BCUT2D eigenvalue weighted by atomic mass is 16.5. The second-order valence-corrected chi connectivity index (χ2v) is 6.52. The Bertz CT molecular complexity index is 843. The van der Waals surface area contributed by atoms with E-state index < -0.39 is 0 Å². The molecule has 1 aliphatic heterocycles. The number of imide groups is 1. The third-order valence-corrected chi connectivity index (χ3v) is 4.58. The zero-order valence-corrected chi connectivity index (χ0v) is 15.5. The Kier molecular flexibility index (Phi) is 5.66. The molecule has 27 heavy (non-hydrogen) atoms. The molecule has 3 amide bonds. The molecule has 0 aromatic heterocycles. The van der Waals surface area contributed by atoms with Crippen LogP contribution in [0.3, 0.4) is 0 Å². The second kappa shape index (κ2) is 8.14. The highest BCUT2D eigenvalue weighted by Gasteiger charge is 2.35. The molecule has 1 heterocycles. The largest absolute Gasteiger partial charge is 0.385 e. The van der Waals surface area contributed by atoms with Crippen molar-refractivity contribution in [2.75, 3.05) is 27.3 Å². The highest BCUT2D eigenvalue weighted by Crippen LogP contribution is 2.24. The molecule has 0 radical (unpaired) electrons. The van der Waals surface area contributed by atoms with Gasteiger partial charge >= 0.3 is 0 Å². The SMILES string of the molecule is COCCCN(C)C(=O)c1cccc(CN2C(=O)c3ccccc3C2=O)c1. The minimum absolute atomic E-state index is 0.102. The number of hydrogen-bond donors (Lipinski definition) is 0. The molecule has 3 rings (SSSR count). The molecule has 0 N–H and O–H groups in total. The van der Waals surface area contributed by atoms with Gasteiger partial charge in [0.05, 0.1) is 17.7 Å². The first-order chi connectivity index (χ1) is 13.0. The van der Waals surface area contributed by atoms with Crippen molar-refractivity contribution >= 4 is 17.7 Å². The standard InChI is InChI=1S/C21H22N2O4/c1-22(11-6-12-27-2)19(24)16-8-5-7-15(13-16)14-23-20(25)17-9-3-4-10-18(17)21(23)26/h3-5,7-10,13H,6,11-12,14H2,1-2H3. The molecular formula is C21H22N2O4. The minimum atomic E-state index is -0.302. The maximum Gasteiger partial charge on any atom is 0.261 e. The minimum Gasteiger partial charge on any atom is -0.385 e. The van der Waals surface area contributed by atoms with Crippen LogP contribution in [0.15, 0.2) is 48.5 Å². The van der Waals surface area contributed by atoms with Crippen LogP contribution in [0.1, 0.15) is 43.1 Å². The van der Waals surface area contributed by atoms with Crippen molar-refractivity contribution in [2.24, 2.45) is 0 Å². The van der Waals surface area contributed by atoms with Gasteiger partial charge in [-0.1, -0.05) is 24.3 Å². The van der Waals surface area contributed by atoms with Crippen LogP contribution in [0.2, 0.25) is 0 Å². The quantitative estimate of drug-likeness (QED) is 0.558. The fraction of sp³-hybridized carbons (Fsp3) is 0.286. The Hall–Kier alpha value is -2.99. The van der Waals surface area contributed by atoms with Crippen molar-refractivity contribution in [3.05, 3.63) is 70.8 Å². The van der Waals surface area contributed by atoms with E-state index in [0.29, 0.717) is 29.8 Å². The van der Waals surface area contributed by atoms with Crippen LogP contribution in [0.4, 0.5) is 0 Å². The molecule has 0 saturated carbocycles. The van der Waals surface area contributed by atoms with Gasteiger partial charge in [0.25, 0.3) is 17.7 Å². The summed E-state index contributed by atoms with van der Waals surface area (Å²) in [6.07, 6.45) is 0.757. The number of hydrogen-bond acceptors (Lipinski definition) is 4. The first-order valence-corrected chi connectivity index (χ1v) is 8.81. The summed E-state index contributed by atoms with van der Waals surface area (Å²) in [4.78, 5) is 40.4. The van der Waals surface area contributed by atoms with Crippen LogP contribution in [0.5, 0.6) is 0 Å². The van der Waals surface area contributed by atoms with Gasteiger partial charge < -0.3 is 9.64 Å². The fourth-order valence-corrected chi connectivity index (χ4v) is 3.14. The number of carbonyl (C=O) groups excluding carboxylic acids is 3. The molecule has 2 aromatic carbocycles. The van der Waals surface area contributed by atoms with Gasteiger partial charge in [0, 0.05) is 32.9 Å². The molecule has 0 bridgehead atoms. The zero-order valence-electron chi connectivity index (χ0n) is 15.5. The number of amides is 3. The third kappa shape index (κ3) is 3.90. The molecule has 0 atom stereocenters. The Balaban J connectivity index is 1.72. The Morgan fingerprint density at radius 1 is 1.04 bits per heavy atom. The molecule has 6 nitrogen and oxygen atoms in total. The van der Waals surface area contributed by atoms with Gasteiger partial charge in [-0.05, 0) is 36.2 Å². The number of carbonyl (C=O) groups is 3. The van der Waals surface area contributed by atoms with Gasteiger partial charge in [-0.2, -0.15) is 0 Å². The molecule has 0 spiro atoms. The van der Waals surface area contributed by atoms with Crippen molar-refractivity contribution in [2.45, 2.75) is 13.0 Å². The molecule has 6 heteroatoms. The highest BCUT2D eigenvalue weighted by molar-refractivity contribution is 6.21. The lowest BCUT2D eigenvalue weighted by Crippen LogP contribution is -2.30. The normalized spacial score (nSPS) is 13.0. The fourth-order valence-electron chi connectivity index (χ4n) is 3.14. The lowest BCUT2D eigenvalue weighted by molar-refractivity contribution is 0.0642. The molecule has 0 saturated heterocycles. The maximum absolute atomic E-state index is 12.6. The van der Waals surface area contributed by atoms with E-state index in [0.717, 1.165) is 12.0 Å². The first kappa shape index (κ1) is 18.8. The summed E-state index contributed by atoms with van der Waals surface area (Å²) in [5.74, 6) is -0.705. The van der Waals surface area contributed by atoms with Crippen molar-refractivity contribution in [3.8, 4) is 0 Å². The number of nitrogens with zero attached hydrogens (tertiary/aromatic N) is 2. The molecule has 0 unspecified atom stereocenters.